The number of rotatable bonds is 5. The molecule has 0 spiro atoms. The first-order valence-corrected chi connectivity index (χ1v) is 10.8. The Kier molecular flexibility index (Phi) is 5.47. The molecule has 1 aromatic carbocycles. The molecule has 0 radical (unpaired) electrons. The van der Waals surface area contributed by atoms with E-state index < -0.39 is 11.6 Å². The Hall–Kier alpha value is -1.90. The van der Waals surface area contributed by atoms with E-state index in [-0.39, 0.29) is 5.76 Å². The Morgan fingerprint density at radius 3 is 2.41 bits per heavy atom. The predicted molar refractivity (Wildman–Crippen MR) is 107 cm³/mol. The minimum absolute atomic E-state index is 0.0120. The van der Waals surface area contributed by atoms with Crippen LogP contribution in [0.25, 0.3) is 5.76 Å². The number of unbranched alkanes of at least 4 members (excludes halogenated alkanes) is 1. The van der Waals surface area contributed by atoms with Gasteiger partial charge in [-0.2, -0.15) is 0 Å². The van der Waals surface area contributed by atoms with Gasteiger partial charge in [-0.3, -0.25) is 9.59 Å². The van der Waals surface area contributed by atoms with Crippen molar-refractivity contribution < 1.29 is 14.7 Å². The number of carbonyl (C=O) groups excluding carboxylic acids is 2. The quantitative estimate of drug-likeness (QED) is 0.522. The molecular weight excluding hydrogens is 336 g/mol. The molecule has 3 atom stereocenters. The molecule has 2 fully saturated rings. The van der Waals surface area contributed by atoms with Gasteiger partial charge >= 0.3 is 0 Å². The van der Waals surface area contributed by atoms with Crippen molar-refractivity contribution in [1.29, 1.82) is 0 Å². The zero-order valence-electron chi connectivity index (χ0n) is 16.1. The van der Waals surface area contributed by atoms with E-state index in [9.17, 15) is 14.7 Å². The summed E-state index contributed by atoms with van der Waals surface area (Å²) in [6, 6.07) is 6.85. The van der Waals surface area contributed by atoms with E-state index in [0.29, 0.717) is 23.1 Å². The standard InChI is InChI=1S/C24H30O3/c25-22-19-10-5-6-11-20(19)23(26)24(27)21(22)12-4-1-7-16-13-14-17-8-2-3-9-18(17)15-16/h5-6,10-11,16-18,25H,1-4,7-9,12-15H2/t16-,17-,18+/m0/s1. The van der Waals surface area contributed by atoms with Crippen LogP contribution in [0.4, 0.5) is 0 Å². The molecule has 0 heterocycles. The van der Waals surface area contributed by atoms with E-state index in [0.717, 1.165) is 30.6 Å². The Balaban J connectivity index is 1.31. The van der Waals surface area contributed by atoms with Gasteiger partial charge in [-0.1, -0.05) is 69.2 Å². The lowest BCUT2D eigenvalue weighted by Crippen LogP contribution is -2.27. The lowest BCUT2D eigenvalue weighted by Gasteiger charge is -2.39. The van der Waals surface area contributed by atoms with Crippen LogP contribution in [-0.4, -0.2) is 16.7 Å². The summed E-state index contributed by atoms with van der Waals surface area (Å²) in [4.78, 5) is 24.7. The van der Waals surface area contributed by atoms with Crippen LogP contribution < -0.4 is 0 Å². The summed E-state index contributed by atoms with van der Waals surface area (Å²) < 4.78 is 0. The van der Waals surface area contributed by atoms with Crippen molar-refractivity contribution in [2.45, 2.75) is 70.6 Å². The molecule has 27 heavy (non-hydrogen) atoms. The molecule has 1 N–H and O–H groups in total. The average Bonchev–Trinajstić information content (AvgIpc) is 2.71. The molecule has 0 saturated heterocycles. The molecule has 3 aliphatic carbocycles. The van der Waals surface area contributed by atoms with E-state index in [4.69, 9.17) is 0 Å². The maximum atomic E-state index is 12.4. The topological polar surface area (TPSA) is 54.4 Å². The summed E-state index contributed by atoms with van der Waals surface area (Å²) in [6.07, 6.45) is 13.5. The van der Waals surface area contributed by atoms with E-state index in [1.807, 2.05) is 0 Å². The van der Waals surface area contributed by atoms with Crippen molar-refractivity contribution in [3.63, 3.8) is 0 Å². The molecule has 3 heteroatoms. The summed E-state index contributed by atoms with van der Waals surface area (Å²) in [7, 11) is 0. The lowest BCUT2D eigenvalue weighted by atomic mass is 9.67. The van der Waals surface area contributed by atoms with Gasteiger partial charge in [0, 0.05) is 16.7 Å². The zero-order chi connectivity index (χ0) is 18.8. The number of carbonyl (C=O) groups is 2. The van der Waals surface area contributed by atoms with Crippen LogP contribution in [0.3, 0.4) is 0 Å². The normalized spacial score (nSPS) is 28.1. The van der Waals surface area contributed by atoms with Crippen molar-refractivity contribution in [2.24, 2.45) is 17.8 Å². The second kappa shape index (κ2) is 8.00. The number of hydrogen-bond donors (Lipinski definition) is 1. The number of Topliss-reactive ketones (excluding diaryl/α,β-unsaturated/α-hetero) is 2. The monoisotopic (exact) mass is 366 g/mol. The summed E-state index contributed by atoms with van der Waals surface area (Å²) in [5, 5.41) is 10.5. The molecule has 0 aliphatic heterocycles. The third-order valence-corrected chi connectivity index (χ3v) is 7.13. The van der Waals surface area contributed by atoms with E-state index in [2.05, 4.69) is 0 Å². The van der Waals surface area contributed by atoms with Gasteiger partial charge in [0.2, 0.25) is 11.6 Å². The van der Waals surface area contributed by atoms with Crippen molar-refractivity contribution in [3.8, 4) is 0 Å². The molecule has 144 valence electrons. The molecule has 4 rings (SSSR count). The number of hydrogen-bond acceptors (Lipinski definition) is 3. The fraction of sp³-hybridized carbons (Fsp3) is 0.583. The van der Waals surface area contributed by atoms with Gasteiger partial charge in [-0.05, 0) is 43.4 Å². The number of benzene rings is 1. The molecule has 0 bridgehead atoms. The first kappa shape index (κ1) is 18.5. The van der Waals surface area contributed by atoms with Gasteiger partial charge in [0.1, 0.15) is 5.76 Å². The van der Waals surface area contributed by atoms with Crippen LogP contribution in [0.1, 0.15) is 86.6 Å². The maximum Gasteiger partial charge on any atom is 0.234 e. The summed E-state index contributed by atoms with van der Waals surface area (Å²) in [6.45, 7) is 0. The minimum Gasteiger partial charge on any atom is -0.507 e. The molecule has 2 saturated carbocycles. The highest BCUT2D eigenvalue weighted by Crippen LogP contribution is 2.44. The van der Waals surface area contributed by atoms with Gasteiger partial charge in [0.15, 0.2) is 0 Å². The van der Waals surface area contributed by atoms with E-state index in [1.54, 1.807) is 24.3 Å². The van der Waals surface area contributed by atoms with E-state index >= 15 is 0 Å². The average molecular weight is 367 g/mol. The maximum absolute atomic E-state index is 12.4. The van der Waals surface area contributed by atoms with Crippen LogP contribution in [-0.2, 0) is 4.79 Å². The highest BCUT2D eigenvalue weighted by Gasteiger charge is 2.33. The van der Waals surface area contributed by atoms with Gasteiger partial charge in [0.25, 0.3) is 0 Å². The SMILES string of the molecule is O=C1C(=O)c2ccccc2C(O)=C1CCCC[C@H]1CC[C@@H]2CCCC[C@@H]2C1. The Labute approximate surface area is 161 Å². The molecule has 0 amide bonds. The van der Waals surface area contributed by atoms with Crippen molar-refractivity contribution in [2.75, 3.05) is 0 Å². The van der Waals surface area contributed by atoms with Crippen molar-refractivity contribution in [3.05, 3.63) is 41.0 Å². The molecule has 1 aromatic rings. The fourth-order valence-electron chi connectivity index (χ4n) is 5.62. The third kappa shape index (κ3) is 3.74. The molecular formula is C24H30O3. The first-order valence-electron chi connectivity index (χ1n) is 10.8. The van der Waals surface area contributed by atoms with Crippen LogP contribution in [0.5, 0.6) is 0 Å². The van der Waals surface area contributed by atoms with Crippen LogP contribution in [0.2, 0.25) is 0 Å². The van der Waals surface area contributed by atoms with Gasteiger partial charge in [0.05, 0.1) is 0 Å². The number of aliphatic hydroxyl groups excluding tert-OH is 1. The van der Waals surface area contributed by atoms with Gasteiger partial charge in [-0.15, -0.1) is 0 Å². The summed E-state index contributed by atoms with van der Waals surface area (Å²) >= 11 is 0. The Morgan fingerprint density at radius 2 is 1.59 bits per heavy atom. The van der Waals surface area contributed by atoms with Crippen LogP contribution >= 0.6 is 0 Å². The highest BCUT2D eigenvalue weighted by atomic mass is 16.3. The first-order chi connectivity index (χ1) is 13.1. The molecule has 3 aliphatic rings. The number of ketones is 2. The smallest absolute Gasteiger partial charge is 0.234 e. The van der Waals surface area contributed by atoms with Gasteiger partial charge in [-0.25, -0.2) is 0 Å². The second-order valence-electron chi connectivity index (χ2n) is 8.76. The Morgan fingerprint density at radius 1 is 0.852 bits per heavy atom. The Bertz CT molecular complexity index is 761. The second-order valence-corrected chi connectivity index (χ2v) is 8.76. The zero-order valence-corrected chi connectivity index (χ0v) is 16.1. The van der Waals surface area contributed by atoms with Crippen LogP contribution in [0.15, 0.2) is 29.8 Å². The summed E-state index contributed by atoms with van der Waals surface area (Å²) in [5.74, 6) is 1.79. The number of aliphatic hydroxyl groups is 1. The predicted octanol–water partition coefficient (Wildman–Crippen LogP) is 5.89. The fourth-order valence-corrected chi connectivity index (χ4v) is 5.62. The summed E-state index contributed by atoms with van der Waals surface area (Å²) in [5.41, 5.74) is 1.15. The molecule has 0 unspecified atom stereocenters. The van der Waals surface area contributed by atoms with E-state index in [1.165, 1.54) is 51.4 Å². The van der Waals surface area contributed by atoms with Gasteiger partial charge < -0.3 is 5.11 Å². The third-order valence-electron chi connectivity index (χ3n) is 7.13. The minimum atomic E-state index is -0.520. The largest absolute Gasteiger partial charge is 0.507 e. The number of allylic oxidation sites excluding steroid dienone is 1. The lowest BCUT2D eigenvalue weighted by molar-refractivity contribution is -0.112. The van der Waals surface area contributed by atoms with Crippen LogP contribution in [0, 0.1) is 17.8 Å². The highest BCUT2D eigenvalue weighted by molar-refractivity contribution is 6.52. The number of fused-ring (bicyclic) bond motifs is 2. The van der Waals surface area contributed by atoms with Crippen molar-refractivity contribution >= 4 is 17.3 Å². The van der Waals surface area contributed by atoms with Crippen molar-refractivity contribution in [1.82, 2.24) is 0 Å². The molecule has 0 aromatic heterocycles. The molecule has 3 nitrogen and oxygen atoms in total.